The third-order valence-corrected chi connectivity index (χ3v) is 3.85. The van der Waals surface area contributed by atoms with Crippen molar-refractivity contribution >= 4 is 11.9 Å². The van der Waals surface area contributed by atoms with Crippen LogP contribution in [0, 0.1) is 0 Å². The molecule has 106 valence electrons. The summed E-state index contributed by atoms with van der Waals surface area (Å²) in [6.07, 6.45) is 11.6. The van der Waals surface area contributed by atoms with E-state index in [2.05, 4.69) is 6.08 Å². The average Bonchev–Trinajstić information content (AvgIpc) is 2.89. The Bertz CT molecular complexity index is 351. The largest absolute Gasteiger partial charge is 0.460 e. The Balaban J connectivity index is 1.98. The van der Waals surface area contributed by atoms with Crippen LogP contribution in [-0.2, 0) is 14.3 Å². The quantitative estimate of drug-likeness (QED) is 0.499. The Kier molecular flexibility index (Phi) is 5.43. The fourth-order valence-corrected chi connectivity index (χ4v) is 2.76. The standard InChI is InChI=1S/C15H23NO3/c17-14-10-6-4-2-1-3-5-7-12-19-15(18)13-9-8-11-16(13)14/h5,7,13H,1-4,6,8-12H2/t13-/m0/s1. The van der Waals surface area contributed by atoms with E-state index in [0.29, 0.717) is 19.6 Å². The van der Waals surface area contributed by atoms with Gasteiger partial charge in [0.15, 0.2) is 0 Å². The summed E-state index contributed by atoms with van der Waals surface area (Å²) in [4.78, 5) is 25.8. The normalized spacial score (nSPS) is 26.7. The molecule has 1 amide bonds. The van der Waals surface area contributed by atoms with Gasteiger partial charge >= 0.3 is 5.97 Å². The van der Waals surface area contributed by atoms with E-state index in [-0.39, 0.29) is 17.9 Å². The van der Waals surface area contributed by atoms with Gasteiger partial charge in [0.2, 0.25) is 5.91 Å². The van der Waals surface area contributed by atoms with E-state index in [4.69, 9.17) is 4.74 Å². The highest BCUT2D eigenvalue weighted by atomic mass is 16.5. The Morgan fingerprint density at radius 2 is 1.89 bits per heavy atom. The highest BCUT2D eigenvalue weighted by molar-refractivity contribution is 5.85. The molecule has 0 bridgehead atoms. The average molecular weight is 265 g/mol. The lowest BCUT2D eigenvalue weighted by Crippen LogP contribution is -2.41. The molecule has 1 fully saturated rings. The van der Waals surface area contributed by atoms with Gasteiger partial charge in [0.1, 0.15) is 12.6 Å². The first-order valence-corrected chi connectivity index (χ1v) is 7.40. The zero-order chi connectivity index (χ0) is 13.5. The lowest BCUT2D eigenvalue weighted by Gasteiger charge is -2.23. The number of hydrogen-bond acceptors (Lipinski definition) is 3. The van der Waals surface area contributed by atoms with Gasteiger partial charge in [-0.1, -0.05) is 25.0 Å². The van der Waals surface area contributed by atoms with Crippen molar-refractivity contribution in [2.45, 2.75) is 57.4 Å². The molecule has 0 aliphatic carbocycles. The maximum atomic E-state index is 12.1. The number of esters is 1. The zero-order valence-corrected chi connectivity index (χ0v) is 11.5. The third kappa shape index (κ3) is 4.08. The van der Waals surface area contributed by atoms with E-state index < -0.39 is 0 Å². The Labute approximate surface area is 114 Å². The molecule has 0 unspecified atom stereocenters. The number of ether oxygens (including phenoxy) is 1. The summed E-state index contributed by atoms with van der Waals surface area (Å²) in [5, 5.41) is 0. The van der Waals surface area contributed by atoms with E-state index in [0.717, 1.165) is 38.5 Å². The van der Waals surface area contributed by atoms with Crippen LogP contribution in [0.4, 0.5) is 0 Å². The summed E-state index contributed by atoms with van der Waals surface area (Å²) in [5.41, 5.74) is 0. The summed E-state index contributed by atoms with van der Waals surface area (Å²) in [6, 6.07) is -0.344. The number of cyclic esters (lactones) is 1. The first kappa shape index (κ1) is 14.1. The number of hydrogen-bond donors (Lipinski definition) is 0. The van der Waals surface area contributed by atoms with Gasteiger partial charge in [-0.05, 0) is 32.1 Å². The summed E-state index contributed by atoms with van der Waals surface area (Å²) >= 11 is 0. The van der Waals surface area contributed by atoms with Crippen LogP contribution < -0.4 is 0 Å². The van der Waals surface area contributed by atoms with Crippen molar-refractivity contribution < 1.29 is 14.3 Å². The minimum atomic E-state index is -0.344. The van der Waals surface area contributed by atoms with Crippen LogP contribution in [0.5, 0.6) is 0 Å². The number of fused-ring (bicyclic) bond motifs is 1. The van der Waals surface area contributed by atoms with E-state index in [9.17, 15) is 9.59 Å². The number of nitrogens with zero attached hydrogens (tertiary/aromatic N) is 1. The van der Waals surface area contributed by atoms with Crippen LogP contribution in [0.1, 0.15) is 51.4 Å². The molecular weight excluding hydrogens is 242 g/mol. The van der Waals surface area contributed by atoms with Crippen LogP contribution >= 0.6 is 0 Å². The molecule has 2 aliphatic rings. The monoisotopic (exact) mass is 265 g/mol. The van der Waals surface area contributed by atoms with Gasteiger partial charge in [0, 0.05) is 13.0 Å². The lowest BCUT2D eigenvalue weighted by molar-refractivity contribution is -0.152. The Morgan fingerprint density at radius 3 is 2.79 bits per heavy atom. The fraction of sp³-hybridized carbons (Fsp3) is 0.733. The maximum absolute atomic E-state index is 12.1. The molecule has 4 heteroatoms. The molecule has 0 radical (unpaired) electrons. The molecule has 2 aliphatic heterocycles. The first-order valence-electron chi connectivity index (χ1n) is 7.40. The second-order valence-corrected chi connectivity index (χ2v) is 5.30. The number of carbonyl (C=O) groups excluding carboxylic acids is 2. The van der Waals surface area contributed by atoms with Gasteiger partial charge in [-0.15, -0.1) is 0 Å². The van der Waals surface area contributed by atoms with Crippen LogP contribution in [0.3, 0.4) is 0 Å². The summed E-state index contributed by atoms with van der Waals surface area (Å²) in [5.74, 6) is -0.125. The summed E-state index contributed by atoms with van der Waals surface area (Å²) < 4.78 is 5.23. The molecule has 0 spiro atoms. The van der Waals surface area contributed by atoms with E-state index in [1.165, 1.54) is 6.42 Å². The van der Waals surface area contributed by atoms with Crippen molar-refractivity contribution in [1.82, 2.24) is 4.90 Å². The minimum absolute atomic E-state index is 0.118. The summed E-state index contributed by atoms with van der Waals surface area (Å²) in [6.45, 7) is 1.03. The van der Waals surface area contributed by atoms with Crippen molar-refractivity contribution in [3.05, 3.63) is 12.2 Å². The first-order chi connectivity index (χ1) is 9.29. The van der Waals surface area contributed by atoms with Crippen LogP contribution in [0.15, 0.2) is 12.2 Å². The fourth-order valence-electron chi connectivity index (χ4n) is 2.76. The van der Waals surface area contributed by atoms with Crippen molar-refractivity contribution in [1.29, 1.82) is 0 Å². The minimum Gasteiger partial charge on any atom is -0.460 e. The smallest absolute Gasteiger partial charge is 0.329 e. The van der Waals surface area contributed by atoms with Crippen LogP contribution in [0.2, 0.25) is 0 Å². The van der Waals surface area contributed by atoms with E-state index in [1.807, 2.05) is 6.08 Å². The van der Waals surface area contributed by atoms with Gasteiger partial charge < -0.3 is 9.64 Å². The van der Waals surface area contributed by atoms with Crippen molar-refractivity contribution in [2.24, 2.45) is 0 Å². The molecule has 1 atom stereocenters. The van der Waals surface area contributed by atoms with Crippen LogP contribution in [0.25, 0.3) is 0 Å². The molecule has 2 heterocycles. The lowest BCUT2D eigenvalue weighted by atomic mass is 10.1. The molecule has 0 N–H and O–H groups in total. The molecule has 2 rings (SSSR count). The van der Waals surface area contributed by atoms with E-state index in [1.54, 1.807) is 4.90 Å². The maximum Gasteiger partial charge on any atom is 0.329 e. The molecule has 0 aromatic rings. The number of allylic oxidation sites excluding steroid dienone is 1. The van der Waals surface area contributed by atoms with Crippen molar-refractivity contribution in [3.63, 3.8) is 0 Å². The number of rotatable bonds is 0. The molecule has 0 saturated carbocycles. The van der Waals surface area contributed by atoms with Gasteiger partial charge in [-0.3, -0.25) is 4.79 Å². The Hall–Kier alpha value is -1.32. The van der Waals surface area contributed by atoms with Crippen LogP contribution in [-0.4, -0.2) is 36.0 Å². The third-order valence-electron chi connectivity index (χ3n) is 3.85. The van der Waals surface area contributed by atoms with Gasteiger partial charge in [-0.25, -0.2) is 4.79 Å². The molecule has 0 aromatic heterocycles. The molecule has 4 nitrogen and oxygen atoms in total. The summed E-state index contributed by atoms with van der Waals surface area (Å²) in [7, 11) is 0. The second kappa shape index (κ2) is 7.31. The van der Waals surface area contributed by atoms with Gasteiger partial charge in [0.25, 0.3) is 0 Å². The molecule has 1 saturated heterocycles. The highest BCUT2D eigenvalue weighted by Crippen LogP contribution is 2.20. The van der Waals surface area contributed by atoms with Crippen molar-refractivity contribution in [3.8, 4) is 0 Å². The van der Waals surface area contributed by atoms with E-state index >= 15 is 0 Å². The van der Waals surface area contributed by atoms with Gasteiger partial charge in [0.05, 0.1) is 0 Å². The predicted octanol–water partition coefficient (Wildman–Crippen LogP) is 2.43. The number of amides is 1. The second-order valence-electron chi connectivity index (χ2n) is 5.30. The predicted molar refractivity (Wildman–Crippen MR) is 72.5 cm³/mol. The molecular formula is C15H23NO3. The van der Waals surface area contributed by atoms with Crippen molar-refractivity contribution in [2.75, 3.05) is 13.2 Å². The zero-order valence-electron chi connectivity index (χ0n) is 11.5. The number of carbonyl (C=O) groups is 2. The Morgan fingerprint density at radius 1 is 1.05 bits per heavy atom. The topological polar surface area (TPSA) is 46.6 Å². The van der Waals surface area contributed by atoms with Gasteiger partial charge in [-0.2, -0.15) is 0 Å². The highest BCUT2D eigenvalue weighted by Gasteiger charge is 2.34. The molecule has 0 aromatic carbocycles. The molecule has 19 heavy (non-hydrogen) atoms. The SMILES string of the molecule is O=C1OCC=CCCCCCCC(=O)N2CCC[C@@H]12.